The molecule has 0 aromatic heterocycles. The molecular formula is C31H63NO3. The van der Waals surface area contributed by atoms with Crippen molar-refractivity contribution in [1.82, 2.24) is 0 Å². The summed E-state index contributed by atoms with van der Waals surface area (Å²) in [5.41, 5.74) is 0. The van der Waals surface area contributed by atoms with Gasteiger partial charge in [0, 0.05) is 19.7 Å². The Kier molecular flexibility index (Phi) is 30.9. The van der Waals surface area contributed by atoms with Crippen molar-refractivity contribution in [2.75, 3.05) is 26.9 Å². The van der Waals surface area contributed by atoms with Crippen LogP contribution in [-0.2, 0) is 14.3 Å². The smallest absolute Gasteiger partial charge is 0.127 e. The maximum Gasteiger partial charge on any atom is 0.127 e. The van der Waals surface area contributed by atoms with E-state index >= 15 is 0 Å². The predicted molar refractivity (Wildman–Crippen MR) is 154 cm³/mol. The third-order valence-electron chi connectivity index (χ3n) is 6.87. The molecule has 0 saturated heterocycles. The van der Waals surface area contributed by atoms with E-state index in [0.29, 0.717) is 19.8 Å². The Morgan fingerprint density at radius 1 is 0.543 bits per heavy atom. The number of hydrogen-bond donors (Lipinski definition) is 0. The zero-order valence-corrected chi connectivity index (χ0v) is 24.2. The van der Waals surface area contributed by atoms with Gasteiger partial charge in [0.2, 0.25) is 0 Å². The van der Waals surface area contributed by atoms with Crippen LogP contribution in [0.3, 0.4) is 0 Å². The highest BCUT2D eigenvalue weighted by Crippen LogP contribution is 2.18. The van der Waals surface area contributed by atoms with Gasteiger partial charge in [-0.15, -0.1) is 0 Å². The monoisotopic (exact) mass is 497 g/mol. The largest absolute Gasteiger partial charge is 0.393 e. The molecule has 4 nitrogen and oxygen atoms in total. The second kappa shape index (κ2) is 31.4. The van der Waals surface area contributed by atoms with Gasteiger partial charge in [-0.3, -0.25) is 0 Å². The van der Waals surface area contributed by atoms with Crippen LogP contribution in [0.5, 0.6) is 0 Å². The van der Waals surface area contributed by atoms with E-state index in [2.05, 4.69) is 19.0 Å². The van der Waals surface area contributed by atoms with Crippen LogP contribution in [0.2, 0.25) is 0 Å². The molecule has 0 N–H and O–H groups in total. The Morgan fingerprint density at radius 3 is 1.40 bits per heavy atom. The summed E-state index contributed by atoms with van der Waals surface area (Å²) in [5, 5.41) is 4.28. The van der Waals surface area contributed by atoms with Gasteiger partial charge in [0.1, 0.15) is 6.10 Å². The van der Waals surface area contributed by atoms with Gasteiger partial charge in [0.05, 0.1) is 19.8 Å². The molecule has 0 aliphatic carbocycles. The minimum Gasteiger partial charge on any atom is -0.393 e. The van der Waals surface area contributed by atoms with Gasteiger partial charge in [-0.25, -0.2) is 0 Å². The number of methoxy groups -OCH3 is 1. The molecule has 0 aliphatic rings. The van der Waals surface area contributed by atoms with Crippen LogP contribution in [0.15, 0.2) is 5.16 Å². The lowest BCUT2D eigenvalue weighted by Gasteiger charge is -2.15. The molecule has 0 saturated carbocycles. The summed E-state index contributed by atoms with van der Waals surface area (Å²) in [4.78, 5) is 5.92. The number of nitrogens with zero attached hydrogens (tertiary/aromatic N) is 1. The first-order valence-electron chi connectivity index (χ1n) is 15.6. The average Bonchev–Trinajstić information content (AvgIpc) is 2.87. The topological polar surface area (TPSA) is 40.0 Å². The fourth-order valence-electron chi connectivity index (χ4n) is 4.53. The second-order valence-electron chi connectivity index (χ2n) is 10.4. The number of unbranched alkanes of at least 4 members (excludes halogenated alkanes) is 18. The van der Waals surface area contributed by atoms with Gasteiger partial charge in [-0.1, -0.05) is 135 Å². The molecular weight excluding hydrogens is 434 g/mol. The van der Waals surface area contributed by atoms with E-state index in [0.717, 1.165) is 19.3 Å². The van der Waals surface area contributed by atoms with E-state index in [-0.39, 0.29) is 6.10 Å². The molecule has 0 bridgehead atoms. The molecule has 210 valence electrons. The van der Waals surface area contributed by atoms with Crippen molar-refractivity contribution in [1.29, 1.82) is 0 Å². The minimum atomic E-state index is 0.281. The van der Waals surface area contributed by atoms with Gasteiger partial charge in [-0.2, -0.15) is 0 Å². The van der Waals surface area contributed by atoms with E-state index in [1.54, 1.807) is 7.11 Å². The Labute approximate surface area is 220 Å². The second-order valence-corrected chi connectivity index (χ2v) is 10.4. The van der Waals surface area contributed by atoms with Crippen molar-refractivity contribution in [3.63, 3.8) is 0 Å². The van der Waals surface area contributed by atoms with E-state index in [1.807, 2.05) is 6.21 Å². The van der Waals surface area contributed by atoms with Crippen molar-refractivity contribution in [3.8, 4) is 0 Å². The highest BCUT2D eigenvalue weighted by molar-refractivity contribution is 5.56. The van der Waals surface area contributed by atoms with E-state index in [1.165, 1.54) is 128 Å². The molecule has 0 radical (unpaired) electrons. The summed E-state index contributed by atoms with van der Waals surface area (Å²) >= 11 is 0. The maximum atomic E-state index is 5.92. The summed E-state index contributed by atoms with van der Waals surface area (Å²) < 4.78 is 10.5. The molecule has 0 spiro atoms. The standard InChI is InChI=1S/C31H63NO3/c1-4-6-8-10-12-14-16-18-20-22-25-31(35-32-27-24-28-34-30-29-33-3)26-23-21-19-17-15-13-11-9-7-5-2/h27,31H,4-26,28-30H2,1-3H3/b32-27+. The number of hydrogen-bond acceptors (Lipinski definition) is 4. The number of oxime groups is 1. The lowest BCUT2D eigenvalue weighted by Crippen LogP contribution is -2.10. The van der Waals surface area contributed by atoms with Crippen LogP contribution in [0.4, 0.5) is 0 Å². The molecule has 0 fully saturated rings. The highest BCUT2D eigenvalue weighted by atomic mass is 16.6. The van der Waals surface area contributed by atoms with Gasteiger partial charge < -0.3 is 14.3 Å². The predicted octanol–water partition coefficient (Wildman–Crippen LogP) is 10.0. The molecule has 0 amide bonds. The SMILES string of the molecule is CCCCCCCCCCCCC(CCCCCCCCCCCC)O/N=C/CCOCCOC. The van der Waals surface area contributed by atoms with Crippen LogP contribution in [0, 0.1) is 0 Å². The summed E-state index contributed by atoms with van der Waals surface area (Å²) in [6, 6.07) is 0. The molecule has 0 aromatic carbocycles. The quantitative estimate of drug-likeness (QED) is 0.0563. The van der Waals surface area contributed by atoms with Crippen LogP contribution in [0.1, 0.15) is 162 Å². The third kappa shape index (κ3) is 29.5. The van der Waals surface area contributed by atoms with Crippen molar-refractivity contribution in [3.05, 3.63) is 0 Å². The molecule has 4 heteroatoms. The van der Waals surface area contributed by atoms with Crippen LogP contribution < -0.4 is 0 Å². The molecule has 0 heterocycles. The highest BCUT2D eigenvalue weighted by Gasteiger charge is 2.09. The zero-order chi connectivity index (χ0) is 25.5. The fourth-order valence-corrected chi connectivity index (χ4v) is 4.53. The van der Waals surface area contributed by atoms with Crippen molar-refractivity contribution >= 4 is 6.21 Å². The van der Waals surface area contributed by atoms with Crippen LogP contribution in [0.25, 0.3) is 0 Å². The van der Waals surface area contributed by atoms with Crippen LogP contribution in [-0.4, -0.2) is 39.2 Å². The lowest BCUT2D eigenvalue weighted by molar-refractivity contribution is 0.0426. The summed E-state index contributed by atoms with van der Waals surface area (Å²) in [5.74, 6) is 0. The normalized spacial score (nSPS) is 11.8. The lowest BCUT2D eigenvalue weighted by atomic mass is 10.0. The van der Waals surface area contributed by atoms with Crippen molar-refractivity contribution in [2.24, 2.45) is 5.16 Å². The van der Waals surface area contributed by atoms with E-state index in [9.17, 15) is 0 Å². The maximum absolute atomic E-state index is 5.92. The first kappa shape index (κ1) is 34.4. The number of rotatable bonds is 30. The van der Waals surface area contributed by atoms with Gasteiger partial charge in [0.25, 0.3) is 0 Å². The molecule has 35 heavy (non-hydrogen) atoms. The van der Waals surface area contributed by atoms with Crippen molar-refractivity contribution < 1.29 is 14.3 Å². The zero-order valence-electron chi connectivity index (χ0n) is 24.2. The molecule has 0 rings (SSSR count). The Balaban J connectivity index is 3.92. The van der Waals surface area contributed by atoms with E-state index in [4.69, 9.17) is 14.3 Å². The molecule has 0 aliphatic heterocycles. The fraction of sp³-hybridized carbons (Fsp3) is 0.968. The summed E-state index contributed by atoms with van der Waals surface area (Å²) in [7, 11) is 1.70. The Hall–Kier alpha value is -0.610. The van der Waals surface area contributed by atoms with Gasteiger partial charge in [-0.05, 0) is 25.7 Å². The first-order valence-corrected chi connectivity index (χ1v) is 15.6. The third-order valence-corrected chi connectivity index (χ3v) is 6.87. The van der Waals surface area contributed by atoms with Crippen LogP contribution >= 0.6 is 0 Å². The Morgan fingerprint density at radius 2 is 0.971 bits per heavy atom. The average molecular weight is 498 g/mol. The summed E-state index contributed by atoms with van der Waals surface area (Å²) in [6.45, 7) is 6.55. The molecule has 0 aromatic rings. The Bertz CT molecular complexity index is 379. The van der Waals surface area contributed by atoms with Gasteiger partial charge in [0.15, 0.2) is 0 Å². The van der Waals surface area contributed by atoms with E-state index < -0.39 is 0 Å². The van der Waals surface area contributed by atoms with Crippen molar-refractivity contribution in [2.45, 2.75) is 168 Å². The summed E-state index contributed by atoms with van der Waals surface area (Å²) in [6.07, 6.45) is 32.9. The first-order chi connectivity index (χ1) is 17.3. The number of ether oxygens (including phenoxy) is 2. The van der Waals surface area contributed by atoms with Gasteiger partial charge >= 0.3 is 0 Å². The minimum absolute atomic E-state index is 0.281. The molecule has 0 unspecified atom stereocenters. The molecule has 0 atom stereocenters.